The summed E-state index contributed by atoms with van der Waals surface area (Å²) in [6, 6.07) is 4.18. The Morgan fingerprint density at radius 2 is 1.74 bits per heavy atom. The molecule has 1 aliphatic rings. The molecule has 2 amide bonds. The first-order valence-electron chi connectivity index (χ1n) is 7.20. The summed E-state index contributed by atoms with van der Waals surface area (Å²) in [7, 11) is 0. The fourth-order valence-electron chi connectivity index (χ4n) is 2.47. The van der Waals surface area contributed by atoms with Gasteiger partial charge in [-0.2, -0.15) is 13.2 Å². The first-order chi connectivity index (χ1) is 10.8. The summed E-state index contributed by atoms with van der Waals surface area (Å²) in [6.07, 6.45) is -2.01. The van der Waals surface area contributed by atoms with E-state index in [0.29, 0.717) is 25.9 Å². The molecular weight excluding hydrogens is 309 g/mol. The number of alkyl halides is 3. The number of hydrogen-bond acceptors (Lipinski definition) is 2. The maximum absolute atomic E-state index is 12.5. The van der Waals surface area contributed by atoms with Crippen LogP contribution in [0.15, 0.2) is 36.9 Å². The Balaban J connectivity index is 1.94. The second-order valence-corrected chi connectivity index (χ2v) is 5.35. The van der Waals surface area contributed by atoms with Crippen LogP contribution >= 0.6 is 0 Å². The van der Waals surface area contributed by atoms with E-state index in [0.717, 1.165) is 12.1 Å². The zero-order valence-electron chi connectivity index (χ0n) is 12.4. The third-order valence-corrected chi connectivity index (χ3v) is 3.77. The SMILES string of the molecule is C=CC(=O)NC1CCN(C(=O)c2ccc(C(F)(F)F)cc2)CC1. The Labute approximate surface area is 132 Å². The summed E-state index contributed by atoms with van der Waals surface area (Å²) in [4.78, 5) is 25.1. The van der Waals surface area contributed by atoms with Crippen LogP contribution < -0.4 is 5.32 Å². The van der Waals surface area contributed by atoms with Gasteiger partial charge in [0.25, 0.3) is 5.91 Å². The monoisotopic (exact) mass is 326 g/mol. The molecule has 2 rings (SSSR count). The maximum Gasteiger partial charge on any atom is 0.416 e. The molecule has 1 N–H and O–H groups in total. The number of carbonyl (C=O) groups excluding carboxylic acids is 2. The molecule has 1 heterocycles. The van der Waals surface area contributed by atoms with Gasteiger partial charge in [0.1, 0.15) is 0 Å². The van der Waals surface area contributed by atoms with Crippen molar-refractivity contribution in [2.45, 2.75) is 25.1 Å². The van der Waals surface area contributed by atoms with Crippen LogP contribution in [0.2, 0.25) is 0 Å². The van der Waals surface area contributed by atoms with Gasteiger partial charge >= 0.3 is 6.18 Å². The van der Waals surface area contributed by atoms with Gasteiger partial charge in [0.15, 0.2) is 0 Å². The van der Waals surface area contributed by atoms with Crippen molar-refractivity contribution in [2.75, 3.05) is 13.1 Å². The van der Waals surface area contributed by atoms with Crippen molar-refractivity contribution < 1.29 is 22.8 Å². The fourth-order valence-corrected chi connectivity index (χ4v) is 2.47. The Bertz CT molecular complexity index is 588. The molecule has 0 radical (unpaired) electrons. The van der Waals surface area contributed by atoms with Gasteiger partial charge < -0.3 is 10.2 Å². The van der Waals surface area contributed by atoms with Crippen LogP contribution in [-0.2, 0) is 11.0 Å². The van der Waals surface area contributed by atoms with E-state index in [4.69, 9.17) is 0 Å². The van der Waals surface area contributed by atoms with E-state index in [1.807, 2.05) is 0 Å². The molecule has 23 heavy (non-hydrogen) atoms. The molecule has 0 unspecified atom stereocenters. The van der Waals surface area contributed by atoms with Crippen molar-refractivity contribution in [1.82, 2.24) is 10.2 Å². The lowest BCUT2D eigenvalue weighted by atomic mass is 10.0. The summed E-state index contributed by atoms with van der Waals surface area (Å²) in [5, 5.41) is 2.77. The molecule has 0 bridgehead atoms. The minimum absolute atomic E-state index is 0.0165. The van der Waals surface area contributed by atoms with Crippen LogP contribution in [0.25, 0.3) is 0 Å². The lowest BCUT2D eigenvalue weighted by Crippen LogP contribution is -2.46. The van der Waals surface area contributed by atoms with Crippen molar-refractivity contribution in [3.8, 4) is 0 Å². The zero-order valence-corrected chi connectivity index (χ0v) is 12.4. The van der Waals surface area contributed by atoms with Crippen molar-refractivity contribution >= 4 is 11.8 Å². The van der Waals surface area contributed by atoms with Gasteiger partial charge in [0.2, 0.25) is 5.91 Å². The first-order valence-corrected chi connectivity index (χ1v) is 7.20. The third-order valence-electron chi connectivity index (χ3n) is 3.77. The van der Waals surface area contributed by atoms with Gasteiger partial charge in [-0.05, 0) is 43.2 Å². The molecular formula is C16H17F3N2O2. The number of rotatable bonds is 3. The van der Waals surface area contributed by atoms with Crippen molar-refractivity contribution in [3.63, 3.8) is 0 Å². The van der Waals surface area contributed by atoms with Crippen LogP contribution in [0.5, 0.6) is 0 Å². The van der Waals surface area contributed by atoms with Gasteiger partial charge in [0.05, 0.1) is 5.56 Å². The quantitative estimate of drug-likeness (QED) is 0.868. The summed E-state index contributed by atoms with van der Waals surface area (Å²) in [5.74, 6) is -0.551. The average molecular weight is 326 g/mol. The molecule has 0 aliphatic carbocycles. The van der Waals surface area contributed by atoms with Gasteiger partial charge in [0, 0.05) is 24.7 Å². The van der Waals surface area contributed by atoms with E-state index < -0.39 is 11.7 Å². The normalized spacial score (nSPS) is 16.0. The number of likely N-dealkylation sites (tertiary alicyclic amines) is 1. The highest BCUT2D eigenvalue weighted by Crippen LogP contribution is 2.29. The molecule has 0 atom stereocenters. The molecule has 124 valence electrons. The number of nitrogens with zero attached hydrogens (tertiary/aromatic N) is 1. The van der Waals surface area contributed by atoms with E-state index in [-0.39, 0.29) is 23.4 Å². The molecule has 4 nitrogen and oxygen atoms in total. The van der Waals surface area contributed by atoms with Gasteiger partial charge in [-0.25, -0.2) is 0 Å². The molecule has 1 fully saturated rings. The Morgan fingerprint density at radius 1 is 1.17 bits per heavy atom. The molecule has 0 aromatic heterocycles. The van der Waals surface area contributed by atoms with Crippen LogP contribution in [-0.4, -0.2) is 35.8 Å². The summed E-state index contributed by atoms with van der Waals surface area (Å²) < 4.78 is 37.5. The second kappa shape index (κ2) is 6.85. The number of halogens is 3. The van der Waals surface area contributed by atoms with Crippen LogP contribution in [0.4, 0.5) is 13.2 Å². The Hall–Kier alpha value is -2.31. The van der Waals surface area contributed by atoms with Crippen molar-refractivity contribution in [2.24, 2.45) is 0 Å². The number of nitrogens with one attached hydrogen (secondary N) is 1. The van der Waals surface area contributed by atoms with E-state index in [1.165, 1.54) is 18.2 Å². The largest absolute Gasteiger partial charge is 0.416 e. The average Bonchev–Trinajstić information content (AvgIpc) is 2.54. The van der Waals surface area contributed by atoms with Crippen LogP contribution in [0.3, 0.4) is 0 Å². The molecule has 1 aliphatic heterocycles. The number of amides is 2. The van der Waals surface area contributed by atoms with Gasteiger partial charge in [-0.3, -0.25) is 9.59 Å². The number of carbonyl (C=O) groups is 2. The number of hydrogen-bond donors (Lipinski definition) is 1. The lowest BCUT2D eigenvalue weighted by Gasteiger charge is -2.32. The minimum atomic E-state index is -4.41. The molecule has 1 aromatic rings. The maximum atomic E-state index is 12.5. The number of piperidine rings is 1. The molecule has 0 saturated carbocycles. The zero-order chi connectivity index (χ0) is 17.0. The van der Waals surface area contributed by atoms with Crippen LogP contribution in [0.1, 0.15) is 28.8 Å². The summed E-state index contributed by atoms with van der Waals surface area (Å²) in [6.45, 7) is 4.27. The second-order valence-electron chi connectivity index (χ2n) is 5.35. The van der Waals surface area contributed by atoms with E-state index in [9.17, 15) is 22.8 Å². The predicted molar refractivity (Wildman–Crippen MR) is 78.7 cm³/mol. The highest BCUT2D eigenvalue weighted by Gasteiger charge is 2.31. The molecule has 1 aromatic carbocycles. The van der Waals surface area contributed by atoms with E-state index in [1.54, 1.807) is 4.90 Å². The van der Waals surface area contributed by atoms with Gasteiger partial charge in [-0.15, -0.1) is 0 Å². The fraction of sp³-hybridized carbons (Fsp3) is 0.375. The van der Waals surface area contributed by atoms with Crippen LogP contribution in [0, 0.1) is 0 Å². The van der Waals surface area contributed by atoms with Gasteiger partial charge in [-0.1, -0.05) is 6.58 Å². The standard InChI is InChI=1S/C16H17F3N2O2/c1-2-14(22)20-13-7-9-21(10-8-13)15(23)11-3-5-12(6-4-11)16(17,18)19/h2-6,13H,1,7-10H2,(H,20,22). The summed E-state index contributed by atoms with van der Waals surface area (Å²) in [5.41, 5.74) is -0.550. The predicted octanol–water partition coefficient (Wildman–Crippen LogP) is 2.61. The third kappa shape index (κ3) is 4.34. The van der Waals surface area contributed by atoms with E-state index >= 15 is 0 Å². The van der Waals surface area contributed by atoms with Crippen molar-refractivity contribution in [1.29, 1.82) is 0 Å². The smallest absolute Gasteiger partial charge is 0.350 e. The number of benzene rings is 1. The van der Waals surface area contributed by atoms with E-state index in [2.05, 4.69) is 11.9 Å². The first kappa shape index (κ1) is 17.1. The topological polar surface area (TPSA) is 49.4 Å². The molecule has 0 spiro atoms. The minimum Gasteiger partial charge on any atom is -0.350 e. The Kier molecular flexibility index (Phi) is 5.08. The molecule has 1 saturated heterocycles. The Morgan fingerprint density at radius 3 is 2.22 bits per heavy atom. The summed E-state index contributed by atoms with van der Waals surface area (Å²) >= 11 is 0. The highest BCUT2D eigenvalue weighted by atomic mass is 19.4. The highest BCUT2D eigenvalue weighted by molar-refractivity contribution is 5.94. The van der Waals surface area contributed by atoms with Crippen molar-refractivity contribution in [3.05, 3.63) is 48.0 Å². The molecule has 7 heteroatoms. The lowest BCUT2D eigenvalue weighted by molar-refractivity contribution is -0.137.